The van der Waals surface area contributed by atoms with Crippen LogP contribution in [0.4, 0.5) is 0 Å². The number of hydrogen-bond acceptors (Lipinski definition) is 18. The lowest BCUT2D eigenvalue weighted by molar-refractivity contribution is -0.261. The number of unbranched alkanes of at least 4 members (excludes halogenated alkanes) is 1. The summed E-state index contributed by atoms with van der Waals surface area (Å²) in [5.74, 6) is -8.33. The van der Waals surface area contributed by atoms with Crippen LogP contribution in [0.15, 0.2) is 105 Å². The predicted octanol–water partition coefficient (Wildman–Crippen LogP) is 10.9. The summed E-state index contributed by atoms with van der Waals surface area (Å²) >= 11 is 0. The molecule has 1 saturated heterocycles. The molecule has 28 nitrogen and oxygen atoms in total. The predicted molar refractivity (Wildman–Crippen MR) is 409 cm³/mol. The zero-order chi connectivity index (χ0) is 80.3. The third kappa shape index (κ3) is 44.1. The third-order valence-electron chi connectivity index (χ3n) is 17.5. The second-order valence-corrected chi connectivity index (χ2v) is 31.0. The molecule has 2 unspecified atom stereocenters. The third-order valence-corrected chi connectivity index (χ3v) is 20.1. The van der Waals surface area contributed by atoms with Gasteiger partial charge in [-0.3, -0.25) is 42.6 Å². The molecular weight excluding hydrogens is 1410 g/mol. The van der Waals surface area contributed by atoms with E-state index < -0.39 is 156 Å². The summed E-state index contributed by atoms with van der Waals surface area (Å²) in [7, 11) is -11.1. The Morgan fingerprint density at radius 3 is 1.29 bits per heavy atom. The number of carbonyl (C=O) groups excluding carboxylic acids is 6. The molecule has 1 aliphatic rings. The second-order valence-electron chi connectivity index (χ2n) is 28.0. The normalized spacial score (nSPS) is 20.1. The van der Waals surface area contributed by atoms with E-state index in [0.717, 1.165) is 116 Å². The summed E-state index contributed by atoms with van der Waals surface area (Å²) < 4.78 is 52.3. The van der Waals surface area contributed by atoms with Gasteiger partial charge in [-0.1, -0.05) is 105 Å². The van der Waals surface area contributed by atoms with Gasteiger partial charge in [0.1, 0.15) is 60.7 Å². The molecule has 0 aromatic heterocycles. The standard InChI is InChI=1S/C76H127N7O21P2/c1-49(2)26-18-27-50(3)28-19-29-51(4)30-20-31-52(5)32-21-33-53(6)34-22-35-54(7)36-23-37-55(8)38-24-39-56(9)40-25-41-57(10)45-47-100-105(96,97)104-106(98,99)103-76-67(81-62(15)85)69(68(87)65(48-84)102-76)101-61(14)72(90)78-59(12)71(89)83-64(75(94)95)43-44-66(86)82-63(42-16-17-46-77)73(91)79-58(11)70(88)80-60(13)74(92)93/h26,28,30,32,34,36,38,40,45,58-61,63-65,67-69,76,84,87H,16-25,27,29,31,33,35,37,39,41-44,46-48,77H2,1-15H3,(H,78,90)(H,79,91)(H,80,88)(H,81,85)(H,82,86)(H,83,89)(H,92,93)(H,94,95)(H,96,97)(H,98,99)/b50-28+,51-30+,52-32+,53-34+,54-36+,55-38+,56-40+,57-45+/t58-,59+,60-,61-,63+,64-,65-,67-,68-,69-,76-/m1/s1. The molecule has 0 bridgehead atoms. The number of ether oxygens (including phenoxy) is 2. The number of aliphatic hydroxyl groups is 2. The number of nitrogens with two attached hydrogens (primary N) is 1. The molecule has 1 rings (SSSR count). The number of phosphoric acid groups is 2. The van der Waals surface area contributed by atoms with Gasteiger partial charge in [0.15, 0.2) is 6.29 Å². The van der Waals surface area contributed by atoms with Gasteiger partial charge in [0, 0.05) is 13.3 Å². The molecule has 0 aromatic carbocycles. The molecule has 0 spiro atoms. The van der Waals surface area contributed by atoms with Crippen molar-refractivity contribution in [1.29, 1.82) is 0 Å². The fraction of sp³-hybridized carbons (Fsp3) is 0.658. The first-order valence-corrected chi connectivity index (χ1v) is 39.8. The summed E-state index contributed by atoms with van der Waals surface area (Å²) in [6.07, 6.45) is 26.5. The fourth-order valence-corrected chi connectivity index (χ4v) is 12.9. The average Bonchev–Trinajstić information content (AvgIpc) is 0.783. The van der Waals surface area contributed by atoms with Crippen LogP contribution < -0.4 is 37.6 Å². The van der Waals surface area contributed by atoms with Crippen LogP contribution >= 0.6 is 15.6 Å². The number of allylic oxidation sites excluding steroid dienone is 17. The van der Waals surface area contributed by atoms with Crippen molar-refractivity contribution < 1.29 is 101 Å². The smallest absolute Gasteiger partial charge is 0.480 e. The van der Waals surface area contributed by atoms with Crippen LogP contribution in [0, 0.1) is 0 Å². The highest BCUT2D eigenvalue weighted by molar-refractivity contribution is 7.61. The molecule has 1 heterocycles. The maximum atomic E-state index is 13.5. The van der Waals surface area contributed by atoms with Crippen LogP contribution in [0.1, 0.15) is 239 Å². The number of carboxylic acids is 2. The molecule has 106 heavy (non-hydrogen) atoms. The highest BCUT2D eigenvalue weighted by Gasteiger charge is 2.51. The van der Waals surface area contributed by atoms with E-state index in [2.05, 4.69) is 147 Å². The zero-order valence-corrected chi connectivity index (χ0v) is 67.1. The quantitative estimate of drug-likeness (QED) is 0.0153. The molecule has 1 aliphatic heterocycles. The Morgan fingerprint density at radius 2 is 0.896 bits per heavy atom. The van der Waals surface area contributed by atoms with Crippen molar-refractivity contribution in [1.82, 2.24) is 31.9 Å². The van der Waals surface area contributed by atoms with Crippen molar-refractivity contribution in [3.05, 3.63) is 105 Å². The van der Waals surface area contributed by atoms with Crippen molar-refractivity contribution in [2.24, 2.45) is 5.73 Å². The van der Waals surface area contributed by atoms with Crippen LogP contribution in [-0.4, -0.2) is 164 Å². The first-order chi connectivity index (χ1) is 49.7. The molecule has 0 aromatic rings. The zero-order valence-electron chi connectivity index (χ0n) is 65.3. The van der Waals surface area contributed by atoms with Crippen LogP contribution in [0.3, 0.4) is 0 Å². The number of aliphatic carboxylic acids is 2. The highest BCUT2D eigenvalue weighted by Crippen LogP contribution is 2.61. The van der Waals surface area contributed by atoms with Gasteiger partial charge in [0.25, 0.3) is 0 Å². The van der Waals surface area contributed by atoms with Crippen molar-refractivity contribution in [2.75, 3.05) is 19.8 Å². The summed E-state index contributed by atoms with van der Waals surface area (Å²) in [6.45, 7) is 26.0. The van der Waals surface area contributed by atoms with Gasteiger partial charge in [0.2, 0.25) is 35.4 Å². The van der Waals surface area contributed by atoms with Crippen molar-refractivity contribution in [3.63, 3.8) is 0 Å². The lowest BCUT2D eigenvalue weighted by atomic mass is 9.96. The van der Waals surface area contributed by atoms with Crippen molar-refractivity contribution in [3.8, 4) is 0 Å². The molecular formula is C76H127N7O21P2. The van der Waals surface area contributed by atoms with Gasteiger partial charge >= 0.3 is 27.6 Å². The van der Waals surface area contributed by atoms with E-state index >= 15 is 0 Å². The summed E-state index contributed by atoms with van der Waals surface area (Å²) in [6, 6.07) is -8.76. The van der Waals surface area contributed by atoms with Crippen LogP contribution in [-0.2, 0) is 70.3 Å². The highest BCUT2D eigenvalue weighted by atomic mass is 31.3. The van der Waals surface area contributed by atoms with Gasteiger partial charge in [0.05, 0.1) is 13.2 Å². The number of carboxylic acid groups (broad SMARTS) is 2. The van der Waals surface area contributed by atoms with Crippen LogP contribution in [0.25, 0.3) is 0 Å². The van der Waals surface area contributed by atoms with E-state index in [0.29, 0.717) is 25.7 Å². The number of nitrogens with one attached hydrogen (secondary N) is 6. The second kappa shape index (κ2) is 52.5. The summed E-state index contributed by atoms with van der Waals surface area (Å²) in [5.41, 5.74) is 17.5. The SMILES string of the molecule is CC(=O)N[C@H]1[C@@H](OP(=O)(O)OP(=O)(O)OC/C=C(\C)CC/C=C(\C)CC/C=C(\C)CC/C=C(\C)CC/C=C(\C)CC/C=C(\C)CC/C=C(\C)CC/C=C(\C)CCC=C(C)C)O[C@H](CO)[C@@H](O)[C@@H]1O[C@H](C)C(=O)N[C@@H](C)C(=O)N[C@H](CCC(=O)N[C@@H](CCCCN)C(=O)N[C@H](C)C(=O)N[C@H](C)C(=O)O)C(=O)O. The van der Waals surface area contributed by atoms with Crippen LogP contribution in [0.2, 0.25) is 0 Å². The molecule has 602 valence electrons. The number of rotatable bonds is 53. The molecule has 6 amide bonds. The Labute approximate surface area is 628 Å². The Bertz CT molecular complexity index is 3230. The first kappa shape index (κ1) is 97.5. The van der Waals surface area contributed by atoms with E-state index in [1.54, 1.807) is 6.92 Å². The molecule has 0 saturated carbocycles. The van der Waals surface area contributed by atoms with Gasteiger partial charge < -0.3 is 77.3 Å². The molecule has 13 atom stereocenters. The minimum atomic E-state index is -5.74. The van der Waals surface area contributed by atoms with E-state index in [-0.39, 0.29) is 13.0 Å². The maximum Gasteiger partial charge on any atom is 0.483 e. The van der Waals surface area contributed by atoms with E-state index in [4.69, 9.17) is 29.4 Å². The van der Waals surface area contributed by atoms with Gasteiger partial charge in [-0.25, -0.2) is 13.9 Å². The molecule has 0 radical (unpaired) electrons. The average molecular weight is 1540 g/mol. The largest absolute Gasteiger partial charge is 0.483 e. The molecule has 1 fully saturated rings. The number of aliphatic hydroxyl groups excluding tert-OH is 2. The lowest BCUT2D eigenvalue weighted by Crippen LogP contribution is -2.66. The molecule has 0 aliphatic carbocycles. The topological polar surface area (TPSA) is 436 Å². The first-order valence-electron chi connectivity index (χ1n) is 36.8. The van der Waals surface area contributed by atoms with Crippen LogP contribution in [0.5, 0.6) is 0 Å². The Morgan fingerprint density at radius 1 is 0.491 bits per heavy atom. The van der Waals surface area contributed by atoms with E-state index in [1.807, 2.05) is 0 Å². The minimum Gasteiger partial charge on any atom is -0.480 e. The number of carbonyl (C=O) groups is 8. The maximum absolute atomic E-state index is 13.5. The van der Waals surface area contributed by atoms with E-state index in [9.17, 15) is 72.6 Å². The van der Waals surface area contributed by atoms with Gasteiger partial charge in [-0.05, 0) is 232 Å². The van der Waals surface area contributed by atoms with Crippen molar-refractivity contribution in [2.45, 2.75) is 306 Å². The van der Waals surface area contributed by atoms with Crippen molar-refractivity contribution >= 4 is 63.0 Å². The van der Waals surface area contributed by atoms with Gasteiger partial charge in [-0.15, -0.1) is 0 Å². The lowest BCUT2D eigenvalue weighted by Gasteiger charge is -2.44. The fourth-order valence-electron chi connectivity index (χ4n) is 10.8. The summed E-state index contributed by atoms with van der Waals surface area (Å²) in [4.78, 5) is 123. The van der Waals surface area contributed by atoms with E-state index in [1.165, 1.54) is 64.5 Å². The Hall–Kier alpha value is -6.52. The Kier molecular flexibility index (Phi) is 48.3. The summed E-state index contributed by atoms with van der Waals surface area (Å²) in [5, 5.41) is 54.3. The minimum absolute atomic E-state index is 0.0567. The number of amides is 6. The Balaban J connectivity index is 2.77. The number of phosphoric ester groups is 2. The van der Waals surface area contributed by atoms with Gasteiger partial charge in [-0.2, -0.15) is 4.31 Å². The molecule has 14 N–H and O–H groups in total. The number of hydrogen-bond donors (Lipinski definition) is 13. The monoisotopic (exact) mass is 1540 g/mol. The molecule has 30 heteroatoms.